The summed E-state index contributed by atoms with van der Waals surface area (Å²) in [6, 6.07) is 26.3. The van der Waals surface area contributed by atoms with Gasteiger partial charge in [0.15, 0.2) is 0 Å². The van der Waals surface area contributed by atoms with Crippen molar-refractivity contribution in [2.75, 3.05) is 44.7 Å². The molecule has 2 aliphatic heterocycles. The zero-order chi connectivity index (χ0) is 30.0. The minimum atomic E-state index is -3.60. The average molecular weight is 595 g/mol. The summed E-state index contributed by atoms with van der Waals surface area (Å²) in [6.07, 6.45) is 7.51. The van der Waals surface area contributed by atoms with Crippen molar-refractivity contribution in [2.24, 2.45) is 0 Å². The van der Waals surface area contributed by atoms with Crippen molar-refractivity contribution in [3.63, 3.8) is 0 Å². The molecule has 0 radical (unpaired) electrons. The van der Waals surface area contributed by atoms with Gasteiger partial charge in [-0.25, -0.2) is 8.42 Å². The monoisotopic (exact) mass is 594 g/mol. The Hall–Kier alpha value is -3.65. The van der Waals surface area contributed by atoms with Crippen molar-refractivity contribution in [2.45, 2.75) is 38.0 Å². The van der Waals surface area contributed by atoms with Gasteiger partial charge < -0.3 is 14.8 Å². The second-order valence-corrected chi connectivity index (χ2v) is 13.5. The zero-order valence-corrected chi connectivity index (χ0v) is 26.2. The van der Waals surface area contributed by atoms with E-state index in [2.05, 4.69) is 70.4 Å². The van der Waals surface area contributed by atoms with Crippen molar-refractivity contribution in [1.82, 2.24) is 14.2 Å². The van der Waals surface area contributed by atoms with Gasteiger partial charge in [0.2, 0.25) is 10.0 Å². The summed E-state index contributed by atoms with van der Waals surface area (Å²) < 4.78 is 29.8. The molecular weight excluding hydrogens is 552 g/mol. The van der Waals surface area contributed by atoms with E-state index in [4.69, 9.17) is 0 Å². The lowest BCUT2D eigenvalue weighted by molar-refractivity contribution is 0.313. The van der Waals surface area contributed by atoms with Gasteiger partial charge in [-0.2, -0.15) is 4.31 Å². The number of anilines is 1. The van der Waals surface area contributed by atoms with Crippen molar-refractivity contribution in [3.05, 3.63) is 125 Å². The topological polar surface area (TPSA) is 59.6 Å². The molecule has 0 saturated carbocycles. The Kier molecular flexibility index (Phi) is 8.57. The minimum absolute atomic E-state index is 0.0102. The smallest absolute Gasteiger partial charge is 0.219 e. The Morgan fingerprint density at radius 1 is 0.884 bits per heavy atom. The van der Waals surface area contributed by atoms with Crippen LogP contribution in [0.25, 0.3) is 10.9 Å². The Labute approximate surface area is 256 Å². The Morgan fingerprint density at radius 3 is 2.42 bits per heavy atom. The van der Waals surface area contributed by atoms with Gasteiger partial charge in [-0.3, -0.25) is 0 Å². The molecule has 2 saturated heterocycles. The third-order valence-electron chi connectivity index (χ3n) is 8.91. The van der Waals surface area contributed by atoms with Crippen molar-refractivity contribution in [1.29, 1.82) is 0 Å². The highest BCUT2D eigenvalue weighted by molar-refractivity contribution is 7.88. The van der Waals surface area contributed by atoms with Crippen LogP contribution in [-0.4, -0.2) is 62.4 Å². The van der Waals surface area contributed by atoms with E-state index in [0.29, 0.717) is 6.54 Å². The fraction of sp³-hybridized carbons (Fsp3) is 0.333. The number of benzene rings is 3. The van der Waals surface area contributed by atoms with E-state index < -0.39 is 10.0 Å². The zero-order valence-electron chi connectivity index (χ0n) is 25.4. The largest absolute Gasteiger partial charge is 0.369 e. The molecule has 6 nitrogen and oxygen atoms in total. The van der Waals surface area contributed by atoms with Crippen molar-refractivity contribution < 1.29 is 8.42 Å². The van der Waals surface area contributed by atoms with Gasteiger partial charge in [0.1, 0.15) is 0 Å². The molecule has 7 heteroatoms. The van der Waals surface area contributed by atoms with Gasteiger partial charge >= 0.3 is 0 Å². The number of H-pyrrole nitrogens is 1. The molecule has 0 amide bonds. The van der Waals surface area contributed by atoms with Gasteiger partial charge in [0.25, 0.3) is 0 Å². The predicted octanol–water partition coefficient (Wildman–Crippen LogP) is 6.87. The molecular formula is C36H42N4O2S. The first-order valence-electron chi connectivity index (χ1n) is 15.5. The van der Waals surface area contributed by atoms with E-state index in [1.54, 1.807) is 4.31 Å². The summed E-state index contributed by atoms with van der Waals surface area (Å²) in [4.78, 5) is 8.25. The first-order valence-corrected chi connectivity index (χ1v) is 17.1. The fourth-order valence-electron chi connectivity index (χ4n) is 6.63. The number of sulfonamides is 1. The van der Waals surface area contributed by atoms with Gasteiger partial charge in [-0.1, -0.05) is 86.7 Å². The van der Waals surface area contributed by atoms with E-state index in [9.17, 15) is 8.42 Å². The molecule has 3 aliphatic rings. The van der Waals surface area contributed by atoms with E-state index in [1.807, 2.05) is 62.5 Å². The van der Waals surface area contributed by atoms with E-state index in [-0.39, 0.29) is 17.7 Å². The highest BCUT2D eigenvalue weighted by atomic mass is 32.2. The lowest BCUT2D eigenvalue weighted by atomic mass is 9.83. The van der Waals surface area contributed by atoms with Crippen LogP contribution in [0.5, 0.6) is 0 Å². The van der Waals surface area contributed by atoms with Gasteiger partial charge in [-0.15, -0.1) is 0 Å². The number of hydrogen-bond donors (Lipinski definition) is 1. The summed E-state index contributed by atoms with van der Waals surface area (Å²) in [5.74, 6) is 0.190. The molecule has 4 aromatic rings. The molecule has 0 spiro atoms. The Morgan fingerprint density at radius 2 is 1.63 bits per heavy atom. The van der Waals surface area contributed by atoms with E-state index in [0.717, 1.165) is 65.8 Å². The second-order valence-electron chi connectivity index (χ2n) is 11.6. The number of nitrogens with zero attached hydrogens (tertiary/aromatic N) is 3. The molecule has 7 rings (SSSR count). The highest BCUT2D eigenvalue weighted by Crippen LogP contribution is 2.48. The minimum Gasteiger partial charge on any atom is -0.369 e. The van der Waals surface area contributed by atoms with Crippen LogP contribution in [0.2, 0.25) is 0 Å². The van der Waals surface area contributed by atoms with Gasteiger partial charge in [-0.05, 0) is 53.9 Å². The summed E-state index contributed by atoms with van der Waals surface area (Å²) in [7, 11) is -1.41. The quantitative estimate of drug-likeness (QED) is 0.265. The first kappa shape index (κ1) is 29.4. The molecule has 2 fully saturated rings. The number of nitrogens with one attached hydrogen (secondary N) is 1. The molecule has 2 atom stereocenters. The lowest BCUT2D eigenvalue weighted by Crippen LogP contribution is -2.44. The van der Waals surface area contributed by atoms with Crippen molar-refractivity contribution >= 4 is 26.6 Å². The molecule has 0 bridgehead atoms. The molecule has 2 unspecified atom stereocenters. The Balaban J connectivity index is 0.00000161. The van der Waals surface area contributed by atoms with Crippen LogP contribution in [0.4, 0.5) is 5.69 Å². The number of likely N-dealkylation sites (N-methyl/N-ethyl adjacent to an activating group) is 1. The second kappa shape index (κ2) is 12.5. The summed E-state index contributed by atoms with van der Waals surface area (Å²) in [6.45, 7) is 8.62. The first-order chi connectivity index (χ1) is 21.0. The average Bonchev–Trinajstić information content (AvgIpc) is 3.64. The molecule has 1 N–H and O–H groups in total. The van der Waals surface area contributed by atoms with Crippen LogP contribution < -0.4 is 4.90 Å². The van der Waals surface area contributed by atoms with Crippen LogP contribution in [-0.2, 0) is 15.8 Å². The normalized spacial score (nSPS) is 21.1. The number of fused-ring (bicyclic) bond motifs is 2. The SMILES string of the molecule is CC.CN1CCN(c2cccc(C3C=C4C(=CC3)CN(S(=O)(=O)Cc3ccccc3)C4c3c[nH]c4ccccc34)c2)CC1. The lowest BCUT2D eigenvalue weighted by Gasteiger charge is -2.34. The van der Waals surface area contributed by atoms with E-state index in [1.165, 1.54) is 11.3 Å². The van der Waals surface area contributed by atoms with Crippen LogP contribution in [0.15, 0.2) is 108 Å². The molecule has 224 valence electrons. The third-order valence-corrected chi connectivity index (χ3v) is 10.7. The highest BCUT2D eigenvalue weighted by Gasteiger charge is 2.43. The maximum absolute atomic E-state index is 14.0. The number of hydrogen-bond acceptors (Lipinski definition) is 4. The number of rotatable bonds is 6. The van der Waals surface area contributed by atoms with Gasteiger partial charge in [0.05, 0.1) is 11.8 Å². The summed E-state index contributed by atoms with van der Waals surface area (Å²) >= 11 is 0. The molecule has 43 heavy (non-hydrogen) atoms. The number of allylic oxidation sites excluding steroid dienone is 2. The van der Waals surface area contributed by atoms with Crippen LogP contribution in [0.1, 0.15) is 48.9 Å². The summed E-state index contributed by atoms with van der Waals surface area (Å²) in [5.41, 5.74) is 7.65. The summed E-state index contributed by atoms with van der Waals surface area (Å²) in [5, 5.41) is 1.07. The fourth-order valence-corrected chi connectivity index (χ4v) is 8.30. The van der Waals surface area contributed by atoms with Crippen molar-refractivity contribution in [3.8, 4) is 0 Å². The molecule has 3 heterocycles. The van der Waals surface area contributed by atoms with Crippen LogP contribution in [0.3, 0.4) is 0 Å². The van der Waals surface area contributed by atoms with E-state index >= 15 is 0 Å². The number of aromatic amines is 1. The predicted molar refractivity (Wildman–Crippen MR) is 178 cm³/mol. The van der Waals surface area contributed by atoms with Crippen LogP contribution in [0, 0.1) is 0 Å². The third kappa shape index (κ3) is 5.94. The van der Waals surface area contributed by atoms with Crippen LogP contribution >= 0.6 is 0 Å². The Bertz CT molecular complexity index is 1730. The maximum Gasteiger partial charge on any atom is 0.219 e. The maximum atomic E-state index is 14.0. The number of para-hydroxylation sites is 1. The number of piperazine rings is 1. The molecule has 3 aromatic carbocycles. The standard InChI is InChI=1S/C34H36N4O2S.C2H6/c1-36-16-18-37(19-17-36)29-11-7-10-26(20-29)27-14-15-28-23-38(41(39,40)24-25-8-3-2-4-9-25)34(31(28)21-27)32-22-35-33-13-6-5-12-30(32)33;1-2/h2-13,15,20-22,27,34-35H,14,16-19,23-24H2,1H3;1-2H3. The van der Waals surface area contributed by atoms with Gasteiger partial charge in [0, 0.05) is 67.0 Å². The molecule has 1 aliphatic carbocycles. The number of aromatic nitrogens is 1. The molecule has 1 aromatic heterocycles.